The van der Waals surface area contributed by atoms with Crippen LogP contribution in [0.2, 0.25) is 0 Å². The van der Waals surface area contributed by atoms with Crippen molar-refractivity contribution in [2.24, 2.45) is 0 Å². The first-order chi connectivity index (χ1) is 8.34. The summed E-state index contributed by atoms with van der Waals surface area (Å²) >= 11 is 1.73. The van der Waals surface area contributed by atoms with Crippen molar-refractivity contribution in [3.05, 3.63) is 16.3 Å². The van der Waals surface area contributed by atoms with Gasteiger partial charge in [0.25, 0.3) is 0 Å². The molecule has 91 valence electrons. The number of thiophene rings is 1. The summed E-state index contributed by atoms with van der Waals surface area (Å²) in [4.78, 5) is 15.5. The first-order valence-electron chi connectivity index (χ1n) is 6.12. The molecule has 0 saturated carbocycles. The van der Waals surface area contributed by atoms with Gasteiger partial charge < -0.3 is 10.2 Å². The second-order valence-electron chi connectivity index (χ2n) is 4.53. The quantitative estimate of drug-likeness (QED) is 0.813. The maximum Gasteiger partial charge on any atom is 0.322 e. The molecule has 0 spiro atoms. The summed E-state index contributed by atoms with van der Waals surface area (Å²) in [6.45, 7) is 2.64. The Bertz CT molecular complexity index is 412. The molecule has 1 aromatic heterocycles. The highest BCUT2D eigenvalue weighted by molar-refractivity contribution is 7.10. The minimum absolute atomic E-state index is 0.0639. The van der Waals surface area contributed by atoms with E-state index in [4.69, 9.17) is 0 Å². The monoisotopic (exact) mass is 250 g/mol. The number of carbonyl (C=O) groups is 1. The van der Waals surface area contributed by atoms with Crippen LogP contribution in [0.5, 0.6) is 0 Å². The van der Waals surface area contributed by atoms with Gasteiger partial charge >= 0.3 is 6.03 Å². The lowest BCUT2D eigenvalue weighted by atomic mass is 10.1. The molecule has 0 bridgehead atoms. The molecule has 17 heavy (non-hydrogen) atoms. The molecule has 4 nitrogen and oxygen atoms in total. The van der Waals surface area contributed by atoms with Crippen molar-refractivity contribution in [3.8, 4) is 0 Å². The number of fused-ring (bicyclic) bond motifs is 1. The number of hydrogen-bond donors (Lipinski definition) is 1. The lowest BCUT2D eigenvalue weighted by molar-refractivity contribution is 0.173. The van der Waals surface area contributed by atoms with Crippen LogP contribution in [0.25, 0.3) is 0 Å². The summed E-state index contributed by atoms with van der Waals surface area (Å²) in [5.74, 6) is 0. The SMILES string of the molecule is O=C1Nc2ccsc2CCN1C1CC[N]CC1. The van der Waals surface area contributed by atoms with Crippen molar-refractivity contribution in [2.45, 2.75) is 25.3 Å². The standard InChI is InChI=1S/C12H16N3OS/c16-12-14-10-4-8-17-11(10)3-7-15(12)9-1-5-13-6-2-9/h4,8-9H,1-3,5-7H2,(H,14,16). The van der Waals surface area contributed by atoms with Crippen molar-refractivity contribution in [1.29, 1.82) is 0 Å². The van der Waals surface area contributed by atoms with Crippen LogP contribution in [0.4, 0.5) is 10.5 Å². The van der Waals surface area contributed by atoms with E-state index in [1.54, 1.807) is 11.3 Å². The minimum atomic E-state index is 0.0639. The highest BCUT2D eigenvalue weighted by Crippen LogP contribution is 2.27. The van der Waals surface area contributed by atoms with E-state index in [2.05, 4.69) is 10.6 Å². The van der Waals surface area contributed by atoms with Crippen molar-refractivity contribution in [3.63, 3.8) is 0 Å². The predicted octanol–water partition coefficient (Wildman–Crippen LogP) is 1.90. The van der Waals surface area contributed by atoms with Gasteiger partial charge in [-0.05, 0) is 24.3 Å². The summed E-state index contributed by atoms with van der Waals surface area (Å²) < 4.78 is 0. The zero-order valence-electron chi connectivity index (χ0n) is 9.69. The van der Waals surface area contributed by atoms with Crippen molar-refractivity contribution in [1.82, 2.24) is 10.2 Å². The highest BCUT2D eigenvalue weighted by Gasteiger charge is 2.28. The number of rotatable bonds is 1. The Morgan fingerprint density at radius 1 is 1.41 bits per heavy atom. The van der Waals surface area contributed by atoms with E-state index >= 15 is 0 Å². The number of anilines is 1. The molecule has 2 aliphatic rings. The number of amides is 2. The zero-order valence-corrected chi connectivity index (χ0v) is 10.5. The van der Waals surface area contributed by atoms with Crippen LogP contribution in [0.15, 0.2) is 11.4 Å². The third-order valence-electron chi connectivity index (χ3n) is 3.51. The van der Waals surface area contributed by atoms with Gasteiger partial charge in [0, 0.05) is 37.0 Å². The van der Waals surface area contributed by atoms with E-state index < -0.39 is 0 Å². The van der Waals surface area contributed by atoms with Crippen LogP contribution in [0, 0.1) is 0 Å². The van der Waals surface area contributed by atoms with Crippen LogP contribution >= 0.6 is 11.3 Å². The third-order valence-corrected chi connectivity index (χ3v) is 4.49. The third kappa shape index (κ3) is 2.17. The summed E-state index contributed by atoms with van der Waals surface area (Å²) in [6, 6.07) is 2.44. The van der Waals surface area contributed by atoms with E-state index in [9.17, 15) is 4.79 Å². The first-order valence-corrected chi connectivity index (χ1v) is 7.00. The molecule has 3 rings (SSSR count). The summed E-state index contributed by atoms with van der Waals surface area (Å²) in [7, 11) is 0. The Hall–Kier alpha value is -1.07. The molecule has 2 aliphatic heterocycles. The molecule has 0 unspecified atom stereocenters. The fourth-order valence-corrected chi connectivity index (χ4v) is 3.38. The molecule has 1 aromatic rings. The number of carbonyl (C=O) groups excluding carboxylic acids is 1. The Kier molecular flexibility index (Phi) is 3.03. The first kappa shape index (κ1) is 11.0. The van der Waals surface area contributed by atoms with Gasteiger partial charge in [0.2, 0.25) is 0 Å². The Morgan fingerprint density at radius 2 is 2.24 bits per heavy atom. The predicted molar refractivity (Wildman–Crippen MR) is 68.6 cm³/mol. The van der Waals surface area contributed by atoms with Gasteiger partial charge in [-0.15, -0.1) is 11.3 Å². The molecule has 0 atom stereocenters. The maximum absolute atomic E-state index is 12.2. The van der Waals surface area contributed by atoms with Gasteiger partial charge in [-0.1, -0.05) is 0 Å². The molecule has 1 saturated heterocycles. The van der Waals surface area contributed by atoms with Gasteiger partial charge in [0.15, 0.2) is 0 Å². The van der Waals surface area contributed by atoms with Gasteiger partial charge in [-0.25, -0.2) is 10.1 Å². The van der Waals surface area contributed by atoms with E-state index in [0.717, 1.165) is 44.6 Å². The Balaban J connectivity index is 1.75. The topological polar surface area (TPSA) is 46.4 Å². The molecule has 0 aliphatic carbocycles. The summed E-state index contributed by atoms with van der Waals surface area (Å²) in [6.07, 6.45) is 3.00. The molecule has 1 N–H and O–H groups in total. The number of nitrogens with zero attached hydrogens (tertiary/aromatic N) is 2. The van der Waals surface area contributed by atoms with Crippen molar-refractivity contribution >= 4 is 23.1 Å². The molecular weight excluding hydrogens is 234 g/mol. The van der Waals surface area contributed by atoms with Crippen LogP contribution < -0.4 is 10.6 Å². The second-order valence-corrected chi connectivity index (χ2v) is 5.53. The van der Waals surface area contributed by atoms with E-state index in [1.807, 2.05) is 16.3 Å². The summed E-state index contributed by atoms with van der Waals surface area (Å²) in [5.41, 5.74) is 1.00. The smallest absolute Gasteiger partial charge is 0.321 e. The van der Waals surface area contributed by atoms with Crippen molar-refractivity contribution < 1.29 is 4.79 Å². The molecule has 1 radical (unpaired) electrons. The molecule has 1 fully saturated rings. The van der Waals surface area contributed by atoms with Gasteiger partial charge in [-0.2, -0.15) is 0 Å². The number of hydrogen-bond acceptors (Lipinski definition) is 2. The van der Waals surface area contributed by atoms with Crippen LogP contribution in [0.3, 0.4) is 0 Å². The summed E-state index contributed by atoms with van der Waals surface area (Å²) in [5, 5.41) is 9.40. The molecule has 5 heteroatoms. The van der Waals surface area contributed by atoms with Gasteiger partial charge in [-0.3, -0.25) is 0 Å². The van der Waals surface area contributed by atoms with Gasteiger partial charge in [0.1, 0.15) is 0 Å². The zero-order chi connectivity index (χ0) is 11.7. The van der Waals surface area contributed by atoms with Crippen LogP contribution in [-0.4, -0.2) is 36.6 Å². The average Bonchev–Trinajstić information content (AvgIpc) is 2.72. The van der Waals surface area contributed by atoms with Crippen LogP contribution in [0.1, 0.15) is 17.7 Å². The fraction of sp³-hybridized carbons (Fsp3) is 0.583. The van der Waals surface area contributed by atoms with E-state index in [-0.39, 0.29) is 6.03 Å². The lowest BCUT2D eigenvalue weighted by Gasteiger charge is -2.33. The fourth-order valence-electron chi connectivity index (χ4n) is 2.55. The maximum atomic E-state index is 12.2. The normalized spacial score (nSPS) is 21.9. The molecule has 2 amide bonds. The average molecular weight is 250 g/mol. The van der Waals surface area contributed by atoms with E-state index in [0.29, 0.717) is 6.04 Å². The van der Waals surface area contributed by atoms with Gasteiger partial charge in [0.05, 0.1) is 5.69 Å². The molecule has 0 aromatic carbocycles. The van der Waals surface area contributed by atoms with Crippen LogP contribution in [-0.2, 0) is 6.42 Å². The Labute approximate surface area is 105 Å². The molecular formula is C12H16N3OS. The number of urea groups is 1. The number of piperidine rings is 1. The van der Waals surface area contributed by atoms with E-state index in [1.165, 1.54) is 4.88 Å². The minimum Gasteiger partial charge on any atom is -0.321 e. The Morgan fingerprint density at radius 3 is 3.06 bits per heavy atom. The highest BCUT2D eigenvalue weighted by atomic mass is 32.1. The van der Waals surface area contributed by atoms with Crippen molar-refractivity contribution in [2.75, 3.05) is 25.0 Å². The second kappa shape index (κ2) is 4.66. The number of nitrogens with one attached hydrogen (secondary N) is 1. The largest absolute Gasteiger partial charge is 0.322 e. The lowest BCUT2D eigenvalue weighted by Crippen LogP contribution is -2.46. The molecule has 3 heterocycles.